The van der Waals surface area contributed by atoms with E-state index in [9.17, 15) is 13.3 Å². The van der Waals surface area contributed by atoms with Gasteiger partial charge in [-0.2, -0.15) is 8.78 Å². The lowest BCUT2D eigenvalue weighted by atomic mass is 10.1. The van der Waals surface area contributed by atoms with Crippen LogP contribution in [-0.4, -0.2) is 4.89 Å². The fraction of sp³-hybridized carbons (Fsp3) is 0.143. The number of ether oxygens (including phenoxy) is 2. The Morgan fingerprint density at radius 3 is 2.23 bits per heavy atom. The van der Waals surface area contributed by atoms with Gasteiger partial charge in [0.15, 0.2) is 0 Å². The van der Waals surface area contributed by atoms with Crippen LogP contribution in [0.5, 0.6) is 11.5 Å². The Morgan fingerprint density at radius 1 is 0.900 bits per heavy atom. The summed E-state index contributed by atoms with van der Waals surface area (Å²) in [5, 5.41) is 0. The maximum absolute atomic E-state index is 13.8. The first-order valence-corrected chi connectivity index (χ1v) is 10.7. The Balaban J connectivity index is 1.58. The first-order chi connectivity index (χ1) is 14.3. The van der Waals surface area contributed by atoms with E-state index in [4.69, 9.17) is 14.4 Å². The number of halogens is 3. The highest BCUT2D eigenvalue weighted by Crippen LogP contribution is 2.41. The molecule has 5 nitrogen and oxygen atoms in total. The average molecular weight is 498 g/mol. The molecule has 0 heterocycles. The molecule has 3 aromatic rings. The molecule has 156 valence electrons. The topological polar surface area (TPSA) is 65.0 Å². The van der Waals surface area contributed by atoms with Gasteiger partial charge in [-0.1, -0.05) is 52.3 Å². The van der Waals surface area contributed by atoms with E-state index in [0.717, 1.165) is 17.4 Å². The Bertz CT molecular complexity index is 1020. The molecule has 0 saturated heterocycles. The van der Waals surface area contributed by atoms with E-state index in [1.807, 2.05) is 54.6 Å². The summed E-state index contributed by atoms with van der Waals surface area (Å²) in [7, 11) is -3.44. The molecule has 0 aliphatic carbocycles. The molecular weight excluding hydrogens is 481 g/mol. The van der Waals surface area contributed by atoms with Crippen LogP contribution in [0.2, 0.25) is 0 Å². The van der Waals surface area contributed by atoms with Crippen LogP contribution in [0.1, 0.15) is 16.7 Å². The molecule has 0 fully saturated rings. The van der Waals surface area contributed by atoms with Crippen molar-refractivity contribution in [3.8, 4) is 11.5 Å². The highest BCUT2D eigenvalue weighted by molar-refractivity contribution is 9.10. The predicted octanol–water partition coefficient (Wildman–Crippen LogP) is 6.67. The summed E-state index contributed by atoms with van der Waals surface area (Å²) in [5.74, 6) is 1.41. The van der Waals surface area contributed by atoms with Crippen LogP contribution in [0.3, 0.4) is 0 Å². The normalized spacial score (nSPS) is 11.9. The van der Waals surface area contributed by atoms with E-state index in [2.05, 4.69) is 20.5 Å². The Morgan fingerprint density at radius 2 is 1.57 bits per heavy atom. The van der Waals surface area contributed by atoms with Gasteiger partial charge in [0.25, 0.3) is 0 Å². The van der Waals surface area contributed by atoms with E-state index in [1.165, 1.54) is 12.1 Å². The number of rotatable bonds is 9. The lowest BCUT2D eigenvalue weighted by Gasteiger charge is -2.13. The SMILES string of the molecule is O=[P+](O)OC(F)(F)c1ccc(COCc2cccc(Oc3ccccc3)c2)cc1Br. The molecular formula is C21H17BrF2O5P+. The van der Waals surface area contributed by atoms with Gasteiger partial charge in [-0.05, 0) is 52.0 Å². The zero-order valence-corrected chi connectivity index (χ0v) is 18.0. The minimum absolute atomic E-state index is 0.0451. The number of para-hydroxylation sites is 1. The van der Waals surface area contributed by atoms with E-state index in [-0.39, 0.29) is 11.1 Å². The molecule has 1 N–H and O–H groups in total. The van der Waals surface area contributed by atoms with Crippen molar-refractivity contribution in [2.75, 3.05) is 0 Å². The van der Waals surface area contributed by atoms with Crippen LogP contribution in [0, 0.1) is 0 Å². The summed E-state index contributed by atoms with van der Waals surface area (Å²) in [5.41, 5.74) is 0.992. The summed E-state index contributed by atoms with van der Waals surface area (Å²) in [6.45, 7) is 0.485. The van der Waals surface area contributed by atoms with Gasteiger partial charge in [0, 0.05) is 9.04 Å². The van der Waals surface area contributed by atoms with E-state index in [0.29, 0.717) is 17.9 Å². The van der Waals surface area contributed by atoms with Crippen molar-refractivity contribution in [3.05, 3.63) is 94.0 Å². The van der Waals surface area contributed by atoms with E-state index >= 15 is 0 Å². The highest BCUT2D eigenvalue weighted by Gasteiger charge is 2.44. The van der Waals surface area contributed by atoms with E-state index in [1.54, 1.807) is 0 Å². The summed E-state index contributed by atoms with van der Waals surface area (Å²) < 4.78 is 53.5. The summed E-state index contributed by atoms with van der Waals surface area (Å²) in [6.07, 6.45) is -3.89. The van der Waals surface area contributed by atoms with Gasteiger partial charge in [0.05, 0.1) is 18.8 Å². The van der Waals surface area contributed by atoms with Crippen LogP contribution in [-0.2, 0) is 33.1 Å². The molecule has 3 aromatic carbocycles. The maximum atomic E-state index is 13.8. The Hall–Kier alpha value is -2.22. The fourth-order valence-electron chi connectivity index (χ4n) is 2.64. The van der Waals surface area contributed by atoms with Gasteiger partial charge in [-0.15, -0.1) is 4.89 Å². The quantitative estimate of drug-likeness (QED) is 0.334. The fourth-order valence-corrected chi connectivity index (χ4v) is 3.59. The molecule has 30 heavy (non-hydrogen) atoms. The van der Waals surface area contributed by atoms with Crippen molar-refractivity contribution < 1.29 is 32.2 Å². The smallest absolute Gasteiger partial charge is 0.457 e. The van der Waals surface area contributed by atoms with E-state index < -0.39 is 19.9 Å². The predicted molar refractivity (Wildman–Crippen MR) is 110 cm³/mol. The maximum Gasteiger partial charge on any atom is 0.701 e. The molecule has 1 atom stereocenters. The molecule has 0 saturated carbocycles. The molecule has 1 unspecified atom stereocenters. The monoisotopic (exact) mass is 497 g/mol. The van der Waals surface area contributed by atoms with Gasteiger partial charge < -0.3 is 9.47 Å². The number of benzene rings is 3. The largest absolute Gasteiger partial charge is 0.701 e. The minimum Gasteiger partial charge on any atom is -0.457 e. The summed E-state index contributed by atoms with van der Waals surface area (Å²) in [4.78, 5) is 8.58. The van der Waals surface area contributed by atoms with Gasteiger partial charge in [0.2, 0.25) is 0 Å². The average Bonchev–Trinajstić information content (AvgIpc) is 2.68. The lowest BCUT2D eigenvalue weighted by molar-refractivity contribution is -0.186. The van der Waals surface area contributed by atoms with Crippen molar-refractivity contribution in [2.24, 2.45) is 0 Å². The molecule has 0 spiro atoms. The molecule has 0 amide bonds. The molecule has 0 aliphatic heterocycles. The Kier molecular flexibility index (Phi) is 7.64. The van der Waals surface area contributed by atoms with Crippen molar-refractivity contribution in [1.29, 1.82) is 0 Å². The first kappa shape index (κ1) is 22.5. The molecule has 0 aromatic heterocycles. The molecule has 0 radical (unpaired) electrons. The molecule has 3 rings (SSSR count). The van der Waals surface area contributed by atoms with Crippen LogP contribution in [0.25, 0.3) is 0 Å². The standard InChI is InChI=1S/C21H16BrF2O5P/c22-20-12-16(9-10-19(20)21(23,24)29-30(25)26)14-27-13-15-5-4-8-18(11-15)28-17-6-2-1-3-7-17/h1-12H,13-14H2/p+1. The van der Waals surface area contributed by atoms with Crippen molar-refractivity contribution >= 4 is 24.2 Å². The second kappa shape index (κ2) is 10.2. The number of alkyl halides is 2. The van der Waals surface area contributed by atoms with Gasteiger partial charge in [-0.3, -0.25) is 0 Å². The third-order valence-electron chi connectivity index (χ3n) is 3.95. The van der Waals surface area contributed by atoms with Crippen LogP contribution < -0.4 is 4.74 Å². The lowest BCUT2D eigenvalue weighted by Crippen LogP contribution is -2.15. The molecule has 9 heteroatoms. The zero-order valence-electron chi connectivity index (χ0n) is 15.5. The third-order valence-corrected chi connectivity index (χ3v) is 5.00. The van der Waals surface area contributed by atoms with Crippen LogP contribution in [0.15, 0.2) is 77.3 Å². The number of hydrogen-bond acceptors (Lipinski definition) is 4. The van der Waals surface area contributed by atoms with Crippen molar-refractivity contribution in [3.63, 3.8) is 0 Å². The summed E-state index contributed by atoms with van der Waals surface area (Å²) >= 11 is 3.04. The second-order valence-electron chi connectivity index (χ2n) is 6.22. The number of hydrogen-bond donors (Lipinski definition) is 1. The highest BCUT2D eigenvalue weighted by atomic mass is 79.9. The van der Waals surface area contributed by atoms with Gasteiger partial charge in [0.1, 0.15) is 11.5 Å². The third kappa shape index (κ3) is 6.39. The van der Waals surface area contributed by atoms with Crippen LogP contribution >= 0.6 is 24.2 Å². The van der Waals surface area contributed by atoms with Crippen molar-refractivity contribution in [2.45, 2.75) is 19.3 Å². The second-order valence-corrected chi connectivity index (χ2v) is 7.73. The van der Waals surface area contributed by atoms with Crippen LogP contribution in [0.4, 0.5) is 8.78 Å². The molecule has 0 aliphatic rings. The van der Waals surface area contributed by atoms with Gasteiger partial charge >= 0.3 is 14.4 Å². The minimum atomic E-state index is -3.89. The zero-order chi connectivity index (χ0) is 21.6. The molecule has 0 bridgehead atoms. The first-order valence-electron chi connectivity index (χ1n) is 8.75. The van der Waals surface area contributed by atoms with Crippen molar-refractivity contribution in [1.82, 2.24) is 0 Å². The van der Waals surface area contributed by atoms with Gasteiger partial charge in [-0.25, -0.2) is 0 Å². The summed E-state index contributed by atoms with van der Waals surface area (Å²) in [6, 6.07) is 20.9. The Labute approximate surface area is 181 Å².